The SMILES string of the molecule is CC(=O)N[C@H]1CN(Cc2ccccc2)[C@@H](CO)[C@@H]1C. The maximum atomic E-state index is 11.2. The molecule has 1 aliphatic heterocycles. The minimum atomic E-state index is -0.00454. The number of amides is 1. The lowest BCUT2D eigenvalue weighted by atomic mass is 9.99. The highest BCUT2D eigenvalue weighted by Crippen LogP contribution is 2.26. The zero-order valence-electron chi connectivity index (χ0n) is 11.5. The molecule has 0 aliphatic carbocycles. The van der Waals surface area contributed by atoms with Crippen molar-refractivity contribution in [2.45, 2.75) is 32.5 Å². The number of nitrogens with zero attached hydrogens (tertiary/aromatic N) is 1. The number of aliphatic hydroxyl groups excluding tert-OH is 1. The van der Waals surface area contributed by atoms with Gasteiger partial charge < -0.3 is 10.4 Å². The van der Waals surface area contributed by atoms with Gasteiger partial charge in [-0.15, -0.1) is 0 Å². The van der Waals surface area contributed by atoms with E-state index in [4.69, 9.17) is 0 Å². The zero-order valence-corrected chi connectivity index (χ0v) is 11.5. The number of likely N-dealkylation sites (tertiary alicyclic amines) is 1. The number of hydrogen-bond donors (Lipinski definition) is 2. The molecule has 2 rings (SSSR count). The Bertz CT molecular complexity index is 421. The Hall–Kier alpha value is -1.39. The number of hydrogen-bond acceptors (Lipinski definition) is 3. The minimum absolute atomic E-state index is 0.00454. The third kappa shape index (κ3) is 3.33. The normalized spacial score (nSPS) is 27.4. The van der Waals surface area contributed by atoms with Gasteiger partial charge in [0, 0.05) is 32.1 Å². The summed E-state index contributed by atoms with van der Waals surface area (Å²) >= 11 is 0. The molecule has 3 atom stereocenters. The Morgan fingerprint density at radius 2 is 2.11 bits per heavy atom. The first-order chi connectivity index (χ1) is 9.11. The van der Waals surface area contributed by atoms with Crippen molar-refractivity contribution in [2.75, 3.05) is 13.2 Å². The standard InChI is InChI=1S/C15H22N2O2/c1-11-14(16-12(2)19)9-17(15(11)10-18)8-13-6-4-3-5-7-13/h3-7,11,14-15,18H,8-10H2,1-2H3,(H,16,19)/t11-,14+,15+/m1/s1. The molecule has 1 amide bonds. The van der Waals surface area contributed by atoms with Gasteiger partial charge in [0.15, 0.2) is 0 Å². The maximum absolute atomic E-state index is 11.2. The van der Waals surface area contributed by atoms with Gasteiger partial charge in [-0.2, -0.15) is 0 Å². The Morgan fingerprint density at radius 3 is 2.68 bits per heavy atom. The summed E-state index contributed by atoms with van der Waals surface area (Å²) in [4.78, 5) is 13.5. The fourth-order valence-electron chi connectivity index (χ4n) is 2.87. The highest BCUT2D eigenvalue weighted by Gasteiger charge is 2.38. The summed E-state index contributed by atoms with van der Waals surface area (Å²) in [5.41, 5.74) is 1.23. The fraction of sp³-hybridized carbons (Fsp3) is 0.533. The van der Waals surface area contributed by atoms with Crippen LogP contribution in [-0.2, 0) is 11.3 Å². The second kappa shape index (κ2) is 6.17. The first kappa shape index (κ1) is 14.0. The number of rotatable bonds is 4. The molecule has 0 saturated carbocycles. The molecule has 1 saturated heterocycles. The molecule has 0 bridgehead atoms. The molecule has 0 unspecified atom stereocenters. The van der Waals surface area contributed by atoms with E-state index in [-0.39, 0.29) is 30.5 Å². The summed E-state index contributed by atoms with van der Waals surface area (Å²) in [6.45, 7) is 5.37. The molecule has 0 radical (unpaired) electrons. The number of aliphatic hydroxyl groups is 1. The molecule has 1 aromatic rings. The minimum Gasteiger partial charge on any atom is -0.395 e. The number of nitrogens with one attached hydrogen (secondary N) is 1. The largest absolute Gasteiger partial charge is 0.395 e. The second-order valence-corrected chi connectivity index (χ2v) is 5.33. The monoisotopic (exact) mass is 262 g/mol. The van der Waals surface area contributed by atoms with Gasteiger partial charge in [0.2, 0.25) is 5.91 Å². The molecule has 4 heteroatoms. The quantitative estimate of drug-likeness (QED) is 0.851. The van der Waals surface area contributed by atoms with Gasteiger partial charge in [-0.05, 0) is 11.5 Å². The number of carbonyl (C=O) groups excluding carboxylic acids is 1. The van der Waals surface area contributed by atoms with E-state index >= 15 is 0 Å². The van der Waals surface area contributed by atoms with Crippen LogP contribution in [0.15, 0.2) is 30.3 Å². The van der Waals surface area contributed by atoms with Crippen LogP contribution in [0, 0.1) is 5.92 Å². The Morgan fingerprint density at radius 1 is 1.42 bits per heavy atom. The third-order valence-electron chi connectivity index (χ3n) is 3.95. The first-order valence-corrected chi connectivity index (χ1v) is 6.77. The van der Waals surface area contributed by atoms with E-state index in [0.29, 0.717) is 0 Å². The summed E-state index contributed by atoms with van der Waals surface area (Å²) in [6, 6.07) is 10.5. The lowest BCUT2D eigenvalue weighted by molar-refractivity contribution is -0.119. The van der Waals surface area contributed by atoms with Crippen LogP contribution in [-0.4, -0.2) is 41.1 Å². The van der Waals surface area contributed by atoms with Crippen LogP contribution in [0.2, 0.25) is 0 Å². The van der Waals surface area contributed by atoms with Crippen molar-refractivity contribution < 1.29 is 9.90 Å². The molecule has 0 spiro atoms. The van der Waals surface area contributed by atoms with Crippen molar-refractivity contribution in [3.8, 4) is 0 Å². The van der Waals surface area contributed by atoms with E-state index < -0.39 is 0 Å². The summed E-state index contributed by atoms with van der Waals surface area (Å²) in [6.07, 6.45) is 0. The Labute approximate surface area is 114 Å². The summed E-state index contributed by atoms with van der Waals surface area (Å²) < 4.78 is 0. The first-order valence-electron chi connectivity index (χ1n) is 6.77. The second-order valence-electron chi connectivity index (χ2n) is 5.33. The summed E-state index contributed by atoms with van der Waals surface area (Å²) in [5, 5.41) is 12.6. The van der Waals surface area contributed by atoms with Crippen molar-refractivity contribution in [3.63, 3.8) is 0 Å². The molecule has 2 N–H and O–H groups in total. The molecule has 19 heavy (non-hydrogen) atoms. The zero-order chi connectivity index (χ0) is 13.8. The van der Waals surface area contributed by atoms with E-state index in [1.807, 2.05) is 18.2 Å². The molecule has 1 heterocycles. The van der Waals surface area contributed by atoms with Gasteiger partial charge in [-0.1, -0.05) is 37.3 Å². The highest BCUT2D eigenvalue weighted by atomic mass is 16.3. The van der Waals surface area contributed by atoms with E-state index in [1.54, 1.807) is 6.92 Å². The van der Waals surface area contributed by atoms with Gasteiger partial charge in [0.05, 0.1) is 6.61 Å². The molecule has 104 valence electrons. The maximum Gasteiger partial charge on any atom is 0.217 e. The fourth-order valence-corrected chi connectivity index (χ4v) is 2.87. The molecular formula is C15H22N2O2. The summed E-state index contributed by atoms with van der Waals surface area (Å²) in [7, 11) is 0. The molecule has 1 aromatic carbocycles. The lowest BCUT2D eigenvalue weighted by Gasteiger charge is -2.24. The topological polar surface area (TPSA) is 52.6 Å². The molecule has 1 aliphatic rings. The van der Waals surface area contributed by atoms with E-state index in [9.17, 15) is 9.90 Å². The number of benzene rings is 1. The van der Waals surface area contributed by atoms with Gasteiger partial charge >= 0.3 is 0 Å². The van der Waals surface area contributed by atoms with E-state index in [2.05, 4.69) is 29.3 Å². The average molecular weight is 262 g/mol. The molecular weight excluding hydrogens is 240 g/mol. The van der Waals surface area contributed by atoms with Crippen LogP contribution in [0.3, 0.4) is 0 Å². The average Bonchev–Trinajstić information content (AvgIpc) is 2.66. The van der Waals surface area contributed by atoms with Crippen molar-refractivity contribution in [1.82, 2.24) is 10.2 Å². The third-order valence-corrected chi connectivity index (χ3v) is 3.95. The lowest BCUT2D eigenvalue weighted by Crippen LogP contribution is -2.39. The van der Waals surface area contributed by atoms with Gasteiger partial charge in [0.1, 0.15) is 0 Å². The van der Waals surface area contributed by atoms with Crippen LogP contribution in [0.25, 0.3) is 0 Å². The Kier molecular flexibility index (Phi) is 4.56. The van der Waals surface area contributed by atoms with Crippen molar-refractivity contribution in [2.24, 2.45) is 5.92 Å². The molecule has 0 aromatic heterocycles. The van der Waals surface area contributed by atoms with Crippen LogP contribution in [0.1, 0.15) is 19.4 Å². The molecule has 4 nitrogen and oxygen atoms in total. The van der Waals surface area contributed by atoms with E-state index in [1.165, 1.54) is 5.56 Å². The van der Waals surface area contributed by atoms with Gasteiger partial charge in [0.25, 0.3) is 0 Å². The van der Waals surface area contributed by atoms with E-state index in [0.717, 1.165) is 13.1 Å². The van der Waals surface area contributed by atoms with Gasteiger partial charge in [-0.25, -0.2) is 0 Å². The van der Waals surface area contributed by atoms with Crippen LogP contribution in [0.4, 0.5) is 0 Å². The van der Waals surface area contributed by atoms with Crippen LogP contribution >= 0.6 is 0 Å². The smallest absolute Gasteiger partial charge is 0.217 e. The van der Waals surface area contributed by atoms with Crippen molar-refractivity contribution >= 4 is 5.91 Å². The predicted molar refractivity (Wildman–Crippen MR) is 74.5 cm³/mol. The van der Waals surface area contributed by atoms with Crippen molar-refractivity contribution in [3.05, 3.63) is 35.9 Å². The molecule has 1 fully saturated rings. The summed E-state index contributed by atoms with van der Waals surface area (Å²) in [5.74, 6) is 0.257. The highest BCUT2D eigenvalue weighted by molar-refractivity contribution is 5.73. The van der Waals surface area contributed by atoms with Crippen LogP contribution in [0.5, 0.6) is 0 Å². The van der Waals surface area contributed by atoms with Gasteiger partial charge in [-0.3, -0.25) is 9.69 Å². The van der Waals surface area contributed by atoms with Crippen LogP contribution < -0.4 is 5.32 Å². The Balaban J connectivity index is 2.05. The van der Waals surface area contributed by atoms with Crippen molar-refractivity contribution in [1.29, 1.82) is 0 Å². The number of carbonyl (C=O) groups is 1. The predicted octanol–water partition coefficient (Wildman–Crippen LogP) is 1.00.